The van der Waals surface area contributed by atoms with Crippen molar-refractivity contribution in [2.75, 3.05) is 31.2 Å². The Labute approximate surface area is 130 Å². The molecule has 1 rings (SSSR count). The summed E-state index contributed by atoms with van der Waals surface area (Å²) in [6, 6.07) is 3.51. The molecule has 0 aliphatic heterocycles. The van der Waals surface area contributed by atoms with E-state index in [1.165, 1.54) is 18.2 Å². The summed E-state index contributed by atoms with van der Waals surface area (Å²) in [6.07, 6.45) is 8.90. The van der Waals surface area contributed by atoms with E-state index in [4.69, 9.17) is 6.42 Å². The summed E-state index contributed by atoms with van der Waals surface area (Å²) in [5.41, 5.74) is -0.0790. The van der Waals surface area contributed by atoms with Crippen LogP contribution in [0, 0.1) is 18.2 Å². The van der Waals surface area contributed by atoms with Crippen LogP contribution in [-0.2, 0) is 10.0 Å². The van der Waals surface area contributed by atoms with Gasteiger partial charge in [0.15, 0.2) is 5.78 Å². The molecule has 22 heavy (non-hydrogen) atoms. The van der Waals surface area contributed by atoms with Gasteiger partial charge in [0.2, 0.25) is 10.0 Å². The first kappa shape index (κ1) is 17.7. The van der Waals surface area contributed by atoms with Crippen LogP contribution in [0.25, 0.3) is 0 Å². The maximum Gasteiger partial charge on any atom is 0.233 e. The third-order valence-corrected chi connectivity index (χ3v) is 3.79. The molecular formula is C15H17FN2O3S. The van der Waals surface area contributed by atoms with Crippen LogP contribution in [-0.4, -0.2) is 46.0 Å². The van der Waals surface area contributed by atoms with E-state index < -0.39 is 15.8 Å². The third-order valence-electron chi connectivity index (χ3n) is 2.66. The first-order chi connectivity index (χ1) is 10.2. The summed E-state index contributed by atoms with van der Waals surface area (Å²) in [6.45, 7) is -0.319. The van der Waals surface area contributed by atoms with Crippen LogP contribution in [0.4, 0.5) is 10.1 Å². The molecule has 0 N–H and O–H groups in total. The highest BCUT2D eigenvalue weighted by molar-refractivity contribution is 7.92. The zero-order valence-corrected chi connectivity index (χ0v) is 13.4. The quantitative estimate of drug-likeness (QED) is 0.452. The van der Waals surface area contributed by atoms with Gasteiger partial charge in [-0.2, -0.15) is 0 Å². The van der Waals surface area contributed by atoms with Crippen LogP contribution >= 0.6 is 0 Å². The van der Waals surface area contributed by atoms with E-state index in [1.54, 1.807) is 25.2 Å². The van der Waals surface area contributed by atoms with Crippen molar-refractivity contribution in [3.8, 4) is 12.3 Å². The zero-order chi connectivity index (χ0) is 16.9. The van der Waals surface area contributed by atoms with Gasteiger partial charge in [-0.3, -0.25) is 9.10 Å². The number of hydrogen-bond donors (Lipinski definition) is 0. The van der Waals surface area contributed by atoms with Crippen molar-refractivity contribution in [1.82, 2.24) is 4.90 Å². The van der Waals surface area contributed by atoms with E-state index in [-0.39, 0.29) is 23.6 Å². The largest absolute Gasteiger partial charge is 0.383 e. The summed E-state index contributed by atoms with van der Waals surface area (Å²) >= 11 is 0. The van der Waals surface area contributed by atoms with E-state index >= 15 is 0 Å². The summed E-state index contributed by atoms with van der Waals surface area (Å²) in [7, 11) is -0.261. The Bertz CT molecular complexity index is 734. The fraction of sp³-hybridized carbons (Fsp3) is 0.267. The second-order valence-electron chi connectivity index (χ2n) is 4.78. The van der Waals surface area contributed by atoms with Crippen molar-refractivity contribution in [2.45, 2.75) is 0 Å². The lowest BCUT2D eigenvalue weighted by Gasteiger charge is -2.20. The molecule has 0 bridgehead atoms. The number of benzene rings is 1. The van der Waals surface area contributed by atoms with Crippen LogP contribution in [0.1, 0.15) is 10.4 Å². The monoisotopic (exact) mass is 324 g/mol. The average molecular weight is 324 g/mol. The molecule has 0 saturated heterocycles. The number of terminal acetylenes is 1. The highest BCUT2D eigenvalue weighted by Gasteiger charge is 2.21. The van der Waals surface area contributed by atoms with Crippen molar-refractivity contribution in [2.24, 2.45) is 0 Å². The maximum atomic E-state index is 13.9. The van der Waals surface area contributed by atoms with Crippen molar-refractivity contribution < 1.29 is 17.6 Å². The molecule has 7 heteroatoms. The minimum atomic E-state index is -3.76. The van der Waals surface area contributed by atoms with Gasteiger partial charge in [0, 0.05) is 31.9 Å². The highest BCUT2D eigenvalue weighted by atomic mass is 32.2. The number of carbonyl (C=O) groups excluding carboxylic acids is 1. The van der Waals surface area contributed by atoms with Crippen molar-refractivity contribution in [1.29, 1.82) is 0 Å². The van der Waals surface area contributed by atoms with E-state index in [2.05, 4.69) is 5.92 Å². The van der Waals surface area contributed by atoms with Crippen LogP contribution in [0.2, 0.25) is 0 Å². The zero-order valence-electron chi connectivity index (χ0n) is 12.6. The third kappa shape index (κ3) is 4.60. The summed E-state index contributed by atoms with van der Waals surface area (Å²) in [5.74, 6) is 1.02. The van der Waals surface area contributed by atoms with Gasteiger partial charge in [-0.15, -0.1) is 6.42 Å². The molecule has 0 aliphatic rings. The second-order valence-corrected chi connectivity index (χ2v) is 6.69. The Morgan fingerprint density at radius 2 is 2.05 bits per heavy atom. The van der Waals surface area contributed by atoms with E-state index in [1.807, 2.05) is 0 Å². The Hall–Kier alpha value is -2.33. The lowest BCUT2D eigenvalue weighted by atomic mass is 10.1. The molecule has 0 amide bonds. The summed E-state index contributed by atoms with van der Waals surface area (Å²) < 4.78 is 38.1. The molecule has 0 unspecified atom stereocenters. The number of ketones is 1. The van der Waals surface area contributed by atoms with Crippen molar-refractivity contribution in [3.63, 3.8) is 0 Å². The molecule has 1 aromatic rings. The molecule has 0 aromatic heterocycles. The van der Waals surface area contributed by atoms with Gasteiger partial charge in [0.05, 0.1) is 18.5 Å². The van der Waals surface area contributed by atoms with Gasteiger partial charge >= 0.3 is 0 Å². The molecule has 0 fully saturated rings. The molecule has 0 saturated carbocycles. The molecule has 0 heterocycles. The van der Waals surface area contributed by atoms with Crippen LogP contribution in [0.3, 0.4) is 0 Å². The minimum absolute atomic E-state index is 0.167. The number of anilines is 1. The Kier molecular flexibility index (Phi) is 5.71. The van der Waals surface area contributed by atoms with Gasteiger partial charge in [0.25, 0.3) is 0 Å². The molecular weight excluding hydrogens is 307 g/mol. The molecule has 0 radical (unpaired) electrons. The predicted molar refractivity (Wildman–Crippen MR) is 84.6 cm³/mol. The maximum absolute atomic E-state index is 13.9. The number of sulfonamides is 1. The molecule has 0 atom stereocenters. The number of nitrogens with zero attached hydrogens (tertiary/aromatic N) is 2. The van der Waals surface area contributed by atoms with Crippen LogP contribution < -0.4 is 4.31 Å². The van der Waals surface area contributed by atoms with Gasteiger partial charge in [-0.1, -0.05) is 5.92 Å². The fourth-order valence-corrected chi connectivity index (χ4v) is 2.44. The molecule has 1 aromatic carbocycles. The lowest BCUT2D eigenvalue weighted by molar-refractivity contribution is 0.104. The highest BCUT2D eigenvalue weighted by Crippen LogP contribution is 2.23. The average Bonchev–Trinajstić information content (AvgIpc) is 2.42. The fourth-order valence-electron chi connectivity index (χ4n) is 1.63. The molecule has 5 nitrogen and oxygen atoms in total. The Morgan fingerprint density at radius 3 is 2.55 bits per heavy atom. The number of halogens is 1. The van der Waals surface area contributed by atoms with Crippen LogP contribution in [0.15, 0.2) is 30.5 Å². The second kappa shape index (κ2) is 7.09. The topological polar surface area (TPSA) is 57.7 Å². The van der Waals surface area contributed by atoms with Crippen molar-refractivity contribution >= 4 is 21.5 Å². The molecule has 0 aliphatic carbocycles. The van der Waals surface area contributed by atoms with Crippen molar-refractivity contribution in [3.05, 3.63) is 41.9 Å². The predicted octanol–water partition coefficient (Wildman–Crippen LogP) is 1.48. The smallest absolute Gasteiger partial charge is 0.233 e. The van der Waals surface area contributed by atoms with Gasteiger partial charge in [-0.05, 0) is 18.2 Å². The minimum Gasteiger partial charge on any atom is -0.383 e. The number of rotatable bonds is 6. The van der Waals surface area contributed by atoms with Gasteiger partial charge in [0.1, 0.15) is 5.82 Å². The van der Waals surface area contributed by atoms with E-state index in [9.17, 15) is 17.6 Å². The Morgan fingerprint density at radius 1 is 1.41 bits per heavy atom. The van der Waals surface area contributed by atoms with E-state index in [0.717, 1.165) is 16.6 Å². The number of hydrogen-bond acceptors (Lipinski definition) is 4. The first-order valence-electron chi connectivity index (χ1n) is 6.26. The summed E-state index contributed by atoms with van der Waals surface area (Å²) in [5, 5.41) is 0. The normalized spacial score (nSPS) is 11.2. The standard InChI is InChI=1S/C15H17FN2O3S/c1-5-9-18(22(4,20)21)14-11-12(6-7-13(14)16)15(19)8-10-17(2)3/h1,6-8,10-11H,9H2,2-4H3/b10-8+. The van der Waals surface area contributed by atoms with E-state index in [0.29, 0.717) is 0 Å². The first-order valence-corrected chi connectivity index (χ1v) is 8.11. The number of allylic oxidation sites excluding steroid dienone is 1. The van der Waals surface area contributed by atoms with Gasteiger partial charge in [-0.25, -0.2) is 12.8 Å². The Balaban J connectivity index is 3.30. The summed E-state index contributed by atoms with van der Waals surface area (Å²) in [4.78, 5) is 13.7. The van der Waals surface area contributed by atoms with Crippen LogP contribution in [0.5, 0.6) is 0 Å². The number of carbonyl (C=O) groups is 1. The lowest BCUT2D eigenvalue weighted by Crippen LogP contribution is -2.31. The SMILES string of the molecule is C#CCN(c1cc(C(=O)/C=C/N(C)C)ccc1F)S(C)(=O)=O. The van der Waals surface area contributed by atoms with Gasteiger partial charge < -0.3 is 4.90 Å². The molecule has 118 valence electrons. The molecule has 0 spiro atoms.